The summed E-state index contributed by atoms with van der Waals surface area (Å²) in [5, 5.41) is 6.65. The number of hydrogen-bond acceptors (Lipinski definition) is 6. The average Bonchev–Trinajstić information content (AvgIpc) is 3.05. The van der Waals surface area contributed by atoms with Crippen LogP contribution in [0.25, 0.3) is 0 Å². The van der Waals surface area contributed by atoms with Gasteiger partial charge in [0.1, 0.15) is 17.2 Å². The van der Waals surface area contributed by atoms with Gasteiger partial charge in [0.15, 0.2) is 5.76 Å². The topological polar surface area (TPSA) is 97.1 Å². The Morgan fingerprint density at radius 3 is 2.50 bits per heavy atom. The standard InChI is InChI=1S/C20H23FN4O5/c1-13-17(14(2)30-23-13)22-19(27)25-7-9-29-20(12-25)11-24(6-8-28-20)18(26)15-4-3-5-16(21)10-15/h3-5,10H,6-9,11-12H2,1-2H3,(H,22,27). The Morgan fingerprint density at radius 2 is 1.83 bits per heavy atom. The van der Waals surface area contributed by atoms with Crippen LogP contribution in [-0.2, 0) is 9.47 Å². The van der Waals surface area contributed by atoms with Crippen LogP contribution in [0.5, 0.6) is 0 Å². The number of ether oxygens (including phenoxy) is 2. The number of amides is 3. The fourth-order valence-corrected chi connectivity index (χ4v) is 3.70. The van der Waals surface area contributed by atoms with Crippen molar-refractivity contribution in [2.45, 2.75) is 19.6 Å². The maximum atomic E-state index is 13.5. The molecule has 2 aliphatic rings. The number of anilines is 1. The Bertz CT molecular complexity index is 941. The first-order valence-electron chi connectivity index (χ1n) is 9.68. The van der Waals surface area contributed by atoms with Gasteiger partial charge in [-0.25, -0.2) is 9.18 Å². The molecule has 3 amide bonds. The van der Waals surface area contributed by atoms with E-state index < -0.39 is 11.6 Å². The molecule has 2 fully saturated rings. The highest BCUT2D eigenvalue weighted by Gasteiger charge is 2.44. The van der Waals surface area contributed by atoms with Crippen molar-refractivity contribution >= 4 is 17.6 Å². The summed E-state index contributed by atoms with van der Waals surface area (Å²) in [7, 11) is 0. The highest BCUT2D eigenvalue weighted by Crippen LogP contribution is 2.27. The van der Waals surface area contributed by atoms with Gasteiger partial charge < -0.3 is 29.1 Å². The Labute approximate surface area is 172 Å². The summed E-state index contributed by atoms with van der Waals surface area (Å²) in [6.45, 7) is 4.98. The molecule has 1 unspecified atom stereocenters. The monoisotopic (exact) mass is 418 g/mol. The molecule has 1 aromatic heterocycles. The summed E-state index contributed by atoms with van der Waals surface area (Å²) in [5.41, 5.74) is 1.38. The minimum Gasteiger partial charge on any atom is -0.359 e. The molecule has 3 heterocycles. The fourth-order valence-electron chi connectivity index (χ4n) is 3.70. The minimum atomic E-state index is -1.13. The predicted molar refractivity (Wildman–Crippen MR) is 104 cm³/mol. The lowest BCUT2D eigenvalue weighted by Gasteiger charge is -2.47. The molecule has 1 atom stereocenters. The quantitative estimate of drug-likeness (QED) is 0.803. The highest BCUT2D eigenvalue weighted by atomic mass is 19.1. The van der Waals surface area contributed by atoms with Crippen molar-refractivity contribution in [3.05, 3.63) is 47.1 Å². The number of halogens is 1. The zero-order chi connectivity index (χ0) is 21.3. The van der Waals surface area contributed by atoms with Crippen LogP contribution in [0, 0.1) is 19.7 Å². The van der Waals surface area contributed by atoms with Gasteiger partial charge in [-0.2, -0.15) is 0 Å². The maximum Gasteiger partial charge on any atom is 0.322 e. The van der Waals surface area contributed by atoms with Crippen molar-refractivity contribution in [2.24, 2.45) is 0 Å². The van der Waals surface area contributed by atoms with Crippen LogP contribution in [0.2, 0.25) is 0 Å². The fraction of sp³-hybridized carbons (Fsp3) is 0.450. The summed E-state index contributed by atoms with van der Waals surface area (Å²) < 4.78 is 30.3. The second-order valence-electron chi connectivity index (χ2n) is 7.40. The Morgan fingerprint density at radius 1 is 1.13 bits per heavy atom. The van der Waals surface area contributed by atoms with E-state index in [2.05, 4.69) is 10.5 Å². The van der Waals surface area contributed by atoms with Crippen molar-refractivity contribution in [1.82, 2.24) is 15.0 Å². The molecule has 10 heteroatoms. The van der Waals surface area contributed by atoms with E-state index in [0.29, 0.717) is 30.2 Å². The molecule has 4 rings (SSSR count). The molecule has 0 aliphatic carbocycles. The largest absolute Gasteiger partial charge is 0.359 e. The van der Waals surface area contributed by atoms with Gasteiger partial charge in [0, 0.05) is 18.7 Å². The van der Waals surface area contributed by atoms with Crippen molar-refractivity contribution < 1.29 is 28.0 Å². The van der Waals surface area contributed by atoms with Crippen molar-refractivity contribution in [2.75, 3.05) is 44.7 Å². The number of carbonyl (C=O) groups is 2. The minimum absolute atomic E-state index is 0.136. The SMILES string of the molecule is Cc1noc(C)c1NC(=O)N1CCOC2(C1)CN(C(=O)c1cccc(F)c1)CCO2. The van der Waals surface area contributed by atoms with Crippen LogP contribution < -0.4 is 5.32 Å². The van der Waals surface area contributed by atoms with E-state index in [4.69, 9.17) is 14.0 Å². The number of hydrogen-bond donors (Lipinski definition) is 1. The number of aromatic nitrogens is 1. The normalized spacial score (nSPS) is 21.7. The Hall–Kier alpha value is -2.98. The van der Waals surface area contributed by atoms with E-state index in [9.17, 15) is 14.0 Å². The van der Waals surface area contributed by atoms with E-state index in [1.54, 1.807) is 29.7 Å². The Balaban J connectivity index is 1.46. The number of nitrogens with zero attached hydrogens (tertiary/aromatic N) is 3. The van der Waals surface area contributed by atoms with Crippen LogP contribution in [0.3, 0.4) is 0 Å². The van der Waals surface area contributed by atoms with Crippen molar-refractivity contribution in [3.8, 4) is 0 Å². The van der Waals surface area contributed by atoms with Crippen LogP contribution in [0.4, 0.5) is 14.9 Å². The van der Waals surface area contributed by atoms with Gasteiger partial charge in [0.2, 0.25) is 5.79 Å². The molecule has 2 aromatic rings. The van der Waals surface area contributed by atoms with Gasteiger partial charge in [0.05, 0.1) is 26.3 Å². The number of carbonyl (C=O) groups excluding carboxylic acids is 2. The van der Waals surface area contributed by atoms with Crippen molar-refractivity contribution in [1.29, 1.82) is 0 Å². The Kier molecular flexibility index (Phi) is 5.44. The van der Waals surface area contributed by atoms with Crippen LogP contribution in [-0.4, -0.2) is 72.1 Å². The predicted octanol–water partition coefficient (Wildman–Crippen LogP) is 2.16. The third-order valence-corrected chi connectivity index (χ3v) is 5.23. The number of nitrogens with one attached hydrogen (secondary N) is 1. The van der Waals surface area contributed by atoms with Gasteiger partial charge in [-0.15, -0.1) is 0 Å². The molecule has 1 aromatic carbocycles. The molecule has 0 bridgehead atoms. The third kappa shape index (κ3) is 4.01. The van der Waals surface area contributed by atoms with E-state index >= 15 is 0 Å². The highest BCUT2D eigenvalue weighted by molar-refractivity contribution is 5.94. The molecule has 1 spiro atoms. The molecular formula is C20H23FN4O5. The summed E-state index contributed by atoms with van der Waals surface area (Å²) in [6, 6.07) is 5.23. The molecule has 160 valence electrons. The number of urea groups is 1. The maximum absolute atomic E-state index is 13.5. The second kappa shape index (κ2) is 8.04. The molecule has 9 nitrogen and oxygen atoms in total. The average molecular weight is 418 g/mol. The van der Waals surface area contributed by atoms with Gasteiger partial charge in [0.25, 0.3) is 5.91 Å². The molecule has 2 saturated heterocycles. The summed E-state index contributed by atoms with van der Waals surface area (Å²) in [6.07, 6.45) is 0. The summed E-state index contributed by atoms with van der Waals surface area (Å²) >= 11 is 0. The van der Waals surface area contributed by atoms with Gasteiger partial charge in [-0.3, -0.25) is 4.79 Å². The van der Waals surface area contributed by atoms with Gasteiger partial charge >= 0.3 is 6.03 Å². The van der Waals surface area contributed by atoms with Crippen LogP contribution in [0.1, 0.15) is 21.8 Å². The van der Waals surface area contributed by atoms with Crippen LogP contribution >= 0.6 is 0 Å². The molecule has 30 heavy (non-hydrogen) atoms. The lowest BCUT2D eigenvalue weighted by molar-refractivity contribution is -0.281. The first-order valence-corrected chi connectivity index (χ1v) is 9.68. The third-order valence-electron chi connectivity index (χ3n) is 5.23. The number of rotatable bonds is 2. The zero-order valence-electron chi connectivity index (χ0n) is 16.8. The molecule has 0 saturated carbocycles. The number of benzene rings is 1. The van der Waals surface area contributed by atoms with Crippen LogP contribution in [0.15, 0.2) is 28.8 Å². The zero-order valence-corrected chi connectivity index (χ0v) is 16.8. The van der Waals surface area contributed by atoms with E-state index in [1.165, 1.54) is 18.2 Å². The molecular weight excluding hydrogens is 395 g/mol. The number of aryl methyl sites for hydroxylation is 2. The van der Waals surface area contributed by atoms with E-state index in [-0.39, 0.29) is 43.8 Å². The van der Waals surface area contributed by atoms with Gasteiger partial charge in [-0.05, 0) is 32.0 Å². The molecule has 0 radical (unpaired) electrons. The second-order valence-corrected chi connectivity index (χ2v) is 7.40. The smallest absolute Gasteiger partial charge is 0.322 e. The first-order chi connectivity index (χ1) is 14.4. The van der Waals surface area contributed by atoms with Gasteiger partial charge in [-0.1, -0.05) is 11.2 Å². The summed E-state index contributed by atoms with van der Waals surface area (Å²) in [4.78, 5) is 28.7. The number of morpholine rings is 2. The van der Waals surface area contributed by atoms with Crippen molar-refractivity contribution in [3.63, 3.8) is 0 Å². The molecule has 2 aliphatic heterocycles. The summed E-state index contributed by atoms with van der Waals surface area (Å²) in [5.74, 6) is -1.39. The lowest BCUT2D eigenvalue weighted by Crippen LogP contribution is -2.64. The lowest BCUT2D eigenvalue weighted by atomic mass is 10.1. The molecule has 1 N–H and O–H groups in total. The van der Waals surface area contributed by atoms with E-state index in [0.717, 1.165) is 0 Å². The first kappa shape index (κ1) is 20.3. The van der Waals surface area contributed by atoms with E-state index in [1.807, 2.05) is 0 Å².